The predicted octanol–water partition coefficient (Wildman–Crippen LogP) is 2.18. The Bertz CT molecular complexity index is 590. The summed E-state index contributed by atoms with van der Waals surface area (Å²) in [6, 6.07) is 4.98. The van der Waals surface area contributed by atoms with Crippen LogP contribution in [0.5, 0.6) is 0 Å². The summed E-state index contributed by atoms with van der Waals surface area (Å²) in [5.74, 6) is 0. The largest absolute Gasteiger partial charge is 0.317 e. The average Bonchev–Trinajstić information content (AvgIpc) is 3.06. The van der Waals surface area contributed by atoms with E-state index in [1.54, 1.807) is 0 Å². The lowest BCUT2D eigenvalue weighted by Gasteiger charge is -2.26. The highest BCUT2D eigenvalue weighted by molar-refractivity contribution is 5.14. The number of nitrogens with zero attached hydrogens (tertiary/aromatic N) is 5. The van der Waals surface area contributed by atoms with Gasteiger partial charge in [0.25, 0.3) is 0 Å². The summed E-state index contributed by atoms with van der Waals surface area (Å²) in [5, 5.41) is 12.1. The molecule has 1 fully saturated rings. The summed E-state index contributed by atoms with van der Waals surface area (Å²) >= 11 is 0. The number of rotatable bonds is 6. The van der Waals surface area contributed by atoms with E-state index in [9.17, 15) is 0 Å². The molecule has 0 spiro atoms. The Morgan fingerprint density at radius 3 is 2.91 bits per heavy atom. The maximum absolute atomic E-state index is 4.38. The van der Waals surface area contributed by atoms with Crippen LogP contribution in [0.2, 0.25) is 0 Å². The molecule has 1 saturated heterocycles. The van der Waals surface area contributed by atoms with Gasteiger partial charge in [0.15, 0.2) is 0 Å². The first-order valence-corrected chi connectivity index (χ1v) is 8.49. The SMILES string of the molecule is CC[C@H](c1cccnc1)N(C)Cc1cn(C2CCNCC2)nn1. The Kier molecular flexibility index (Phi) is 5.35. The van der Waals surface area contributed by atoms with Crippen LogP contribution in [0.15, 0.2) is 30.7 Å². The molecule has 1 aliphatic heterocycles. The van der Waals surface area contributed by atoms with Crippen molar-refractivity contribution in [1.82, 2.24) is 30.2 Å². The second-order valence-corrected chi connectivity index (χ2v) is 6.30. The first-order valence-electron chi connectivity index (χ1n) is 8.49. The van der Waals surface area contributed by atoms with Gasteiger partial charge in [0, 0.05) is 25.0 Å². The number of nitrogens with one attached hydrogen (secondary N) is 1. The molecule has 124 valence electrons. The third-order valence-electron chi connectivity index (χ3n) is 4.64. The van der Waals surface area contributed by atoms with Gasteiger partial charge < -0.3 is 5.32 Å². The van der Waals surface area contributed by atoms with Crippen LogP contribution in [0.25, 0.3) is 0 Å². The topological polar surface area (TPSA) is 58.9 Å². The van der Waals surface area contributed by atoms with Crippen molar-refractivity contribution in [3.05, 3.63) is 42.0 Å². The molecule has 3 heterocycles. The molecule has 1 aliphatic rings. The lowest BCUT2D eigenvalue weighted by molar-refractivity contribution is 0.227. The third-order valence-corrected chi connectivity index (χ3v) is 4.64. The fourth-order valence-corrected chi connectivity index (χ4v) is 3.38. The fraction of sp³-hybridized carbons (Fsp3) is 0.588. The summed E-state index contributed by atoms with van der Waals surface area (Å²) < 4.78 is 2.05. The van der Waals surface area contributed by atoms with Gasteiger partial charge in [-0.15, -0.1) is 5.10 Å². The molecular formula is C17H26N6. The van der Waals surface area contributed by atoms with Crippen LogP contribution >= 0.6 is 0 Å². The highest BCUT2D eigenvalue weighted by Gasteiger charge is 2.19. The van der Waals surface area contributed by atoms with Crippen molar-refractivity contribution in [2.45, 2.75) is 44.8 Å². The van der Waals surface area contributed by atoms with E-state index in [1.165, 1.54) is 5.56 Å². The highest BCUT2D eigenvalue weighted by Crippen LogP contribution is 2.24. The molecule has 0 radical (unpaired) electrons. The first kappa shape index (κ1) is 16.1. The van der Waals surface area contributed by atoms with Crippen molar-refractivity contribution in [2.24, 2.45) is 0 Å². The molecule has 1 N–H and O–H groups in total. The maximum atomic E-state index is 4.38. The molecule has 0 bridgehead atoms. The monoisotopic (exact) mass is 314 g/mol. The second kappa shape index (κ2) is 7.66. The maximum Gasteiger partial charge on any atom is 0.0967 e. The lowest BCUT2D eigenvalue weighted by Crippen LogP contribution is -2.29. The van der Waals surface area contributed by atoms with Crippen LogP contribution in [0.3, 0.4) is 0 Å². The van der Waals surface area contributed by atoms with E-state index in [2.05, 4.69) is 56.4 Å². The van der Waals surface area contributed by atoms with Crippen LogP contribution in [0.1, 0.15) is 49.5 Å². The van der Waals surface area contributed by atoms with Crippen molar-refractivity contribution < 1.29 is 0 Å². The molecule has 2 aromatic heterocycles. The van der Waals surface area contributed by atoms with Gasteiger partial charge in [-0.2, -0.15) is 0 Å². The molecule has 1 atom stereocenters. The summed E-state index contributed by atoms with van der Waals surface area (Å²) in [7, 11) is 2.14. The van der Waals surface area contributed by atoms with E-state index in [4.69, 9.17) is 0 Å². The van der Waals surface area contributed by atoms with E-state index in [0.717, 1.165) is 44.6 Å². The minimum atomic E-state index is 0.354. The number of hydrogen-bond donors (Lipinski definition) is 1. The summed E-state index contributed by atoms with van der Waals surface area (Å²) in [6.07, 6.45) is 9.20. The summed E-state index contributed by atoms with van der Waals surface area (Å²) in [4.78, 5) is 6.57. The number of hydrogen-bond acceptors (Lipinski definition) is 5. The summed E-state index contributed by atoms with van der Waals surface area (Å²) in [6.45, 7) is 5.15. The average molecular weight is 314 g/mol. The molecule has 6 heteroatoms. The van der Waals surface area contributed by atoms with Gasteiger partial charge in [-0.25, -0.2) is 4.68 Å². The lowest BCUT2D eigenvalue weighted by atomic mass is 10.1. The summed E-state index contributed by atoms with van der Waals surface area (Å²) in [5.41, 5.74) is 2.29. The van der Waals surface area contributed by atoms with Crippen molar-refractivity contribution in [3.8, 4) is 0 Å². The van der Waals surface area contributed by atoms with Crippen molar-refractivity contribution in [1.29, 1.82) is 0 Å². The van der Waals surface area contributed by atoms with Gasteiger partial charge in [-0.1, -0.05) is 18.2 Å². The van der Waals surface area contributed by atoms with Gasteiger partial charge in [0.05, 0.1) is 17.9 Å². The zero-order valence-corrected chi connectivity index (χ0v) is 14.0. The van der Waals surface area contributed by atoms with E-state index in [1.807, 2.05) is 18.5 Å². The minimum absolute atomic E-state index is 0.354. The number of pyridine rings is 1. The smallest absolute Gasteiger partial charge is 0.0967 e. The molecule has 0 aromatic carbocycles. The molecule has 0 saturated carbocycles. The molecule has 3 rings (SSSR count). The first-order chi connectivity index (χ1) is 11.3. The van der Waals surface area contributed by atoms with Crippen molar-refractivity contribution in [3.63, 3.8) is 0 Å². The van der Waals surface area contributed by atoms with Crippen LogP contribution in [-0.4, -0.2) is 45.0 Å². The van der Waals surface area contributed by atoms with Gasteiger partial charge >= 0.3 is 0 Å². The van der Waals surface area contributed by atoms with Crippen LogP contribution in [-0.2, 0) is 6.54 Å². The Morgan fingerprint density at radius 1 is 1.39 bits per heavy atom. The van der Waals surface area contributed by atoms with E-state index in [-0.39, 0.29) is 0 Å². The zero-order valence-electron chi connectivity index (χ0n) is 14.0. The van der Waals surface area contributed by atoms with Crippen LogP contribution < -0.4 is 5.32 Å². The van der Waals surface area contributed by atoms with E-state index >= 15 is 0 Å². The van der Waals surface area contributed by atoms with Gasteiger partial charge in [0.2, 0.25) is 0 Å². The highest BCUT2D eigenvalue weighted by atomic mass is 15.4. The van der Waals surface area contributed by atoms with E-state index in [0.29, 0.717) is 12.1 Å². The van der Waals surface area contributed by atoms with Crippen LogP contribution in [0, 0.1) is 0 Å². The molecule has 0 unspecified atom stereocenters. The second-order valence-electron chi connectivity index (χ2n) is 6.30. The molecule has 23 heavy (non-hydrogen) atoms. The Hall–Kier alpha value is -1.79. The zero-order chi connectivity index (χ0) is 16.1. The Balaban J connectivity index is 1.65. The number of aromatic nitrogens is 4. The molecule has 0 amide bonds. The normalized spacial score (nSPS) is 17.5. The van der Waals surface area contributed by atoms with Gasteiger partial charge in [-0.05, 0) is 51.0 Å². The van der Waals surface area contributed by atoms with E-state index < -0.39 is 0 Å². The quantitative estimate of drug-likeness (QED) is 0.885. The van der Waals surface area contributed by atoms with Crippen molar-refractivity contribution >= 4 is 0 Å². The molecular weight excluding hydrogens is 288 g/mol. The van der Waals surface area contributed by atoms with Crippen molar-refractivity contribution in [2.75, 3.05) is 20.1 Å². The standard InChI is InChI=1S/C17H26N6/c1-3-17(14-5-4-8-19-11-14)22(2)12-15-13-23(21-20-15)16-6-9-18-10-7-16/h4-5,8,11,13,16-18H,3,6-7,9-10,12H2,1-2H3/t17-/m1/s1. The fourth-order valence-electron chi connectivity index (χ4n) is 3.38. The van der Waals surface area contributed by atoms with Gasteiger partial charge in [-0.3, -0.25) is 9.88 Å². The molecule has 6 nitrogen and oxygen atoms in total. The minimum Gasteiger partial charge on any atom is -0.317 e. The predicted molar refractivity (Wildman–Crippen MR) is 89.9 cm³/mol. The van der Waals surface area contributed by atoms with Crippen LogP contribution in [0.4, 0.5) is 0 Å². The Morgan fingerprint density at radius 2 is 2.22 bits per heavy atom. The Labute approximate surface area is 137 Å². The molecule has 0 aliphatic carbocycles. The van der Waals surface area contributed by atoms with Gasteiger partial charge in [0.1, 0.15) is 0 Å². The third kappa shape index (κ3) is 3.95. The molecule has 2 aromatic rings. The number of piperidine rings is 1.